The second-order valence-corrected chi connectivity index (χ2v) is 5.83. The molecule has 1 aliphatic rings. The summed E-state index contributed by atoms with van der Waals surface area (Å²) in [5.41, 5.74) is 2.38. The summed E-state index contributed by atoms with van der Waals surface area (Å²) >= 11 is 0. The number of nitrogens with one attached hydrogen (secondary N) is 1. The fourth-order valence-electron chi connectivity index (χ4n) is 2.77. The van der Waals surface area contributed by atoms with Crippen LogP contribution >= 0.6 is 0 Å². The van der Waals surface area contributed by atoms with E-state index < -0.39 is 0 Å². The van der Waals surface area contributed by atoms with Crippen molar-refractivity contribution in [3.05, 3.63) is 41.5 Å². The van der Waals surface area contributed by atoms with Crippen LogP contribution in [0.1, 0.15) is 44.6 Å². The number of carbonyl (C=O) groups excluding carboxylic acids is 1. The number of rotatable bonds is 8. The number of carbonyl (C=O) groups is 1. The molecule has 1 aromatic rings. The number of hydrogen-bond acceptors (Lipinski definition) is 3. The quantitative estimate of drug-likeness (QED) is 0.576. The lowest BCUT2D eigenvalue weighted by Gasteiger charge is -2.12. The van der Waals surface area contributed by atoms with Gasteiger partial charge in [0.05, 0.1) is 13.7 Å². The number of hydrogen-bond donors (Lipinski definition) is 1. The molecule has 0 atom stereocenters. The molecule has 2 rings (SSSR count). The molecule has 0 bridgehead atoms. The Kier molecular flexibility index (Phi) is 7.40. The first kappa shape index (κ1) is 18.1. The van der Waals surface area contributed by atoms with Crippen LogP contribution in [0.3, 0.4) is 0 Å². The fraction of sp³-hybridized carbons (Fsp3) is 0.450. The molecule has 4 nitrogen and oxygen atoms in total. The maximum absolute atomic E-state index is 11.9. The number of benzene rings is 1. The van der Waals surface area contributed by atoms with Crippen molar-refractivity contribution in [2.45, 2.75) is 39.0 Å². The molecule has 0 saturated carbocycles. The summed E-state index contributed by atoms with van der Waals surface area (Å²) in [5.74, 6) is 1.31. The minimum Gasteiger partial charge on any atom is -0.493 e. The number of methoxy groups -OCH3 is 1. The Balaban J connectivity index is 1.84. The molecule has 0 saturated heterocycles. The van der Waals surface area contributed by atoms with Crippen molar-refractivity contribution in [2.24, 2.45) is 0 Å². The molecule has 0 radical (unpaired) electrons. The van der Waals surface area contributed by atoms with Gasteiger partial charge in [-0.05, 0) is 62.8 Å². The molecule has 1 N–H and O–H groups in total. The molecule has 0 aliphatic heterocycles. The topological polar surface area (TPSA) is 47.6 Å². The normalized spacial score (nSPS) is 14.3. The van der Waals surface area contributed by atoms with Crippen molar-refractivity contribution < 1.29 is 14.3 Å². The van der Waals surface area contributed by atoms with Gasteiger partial charge in [0.15, 0.2) is 11.5 Å². The van der Waals surface area contributed by atoms with Gasteiger partial charge in [0, 0.05) is 12.6 Å². The summed E-state index contributed by atoms with van der Waals surface area (Å²) in [5, 5.41) is 2.94. The summed E-state index contributed by atoms with van der Waals surface area (Å²) in [6, 6.07) is 5.62. The van der Waals surface area contributed by atoms with Gasteiger partial charge in [-0.2, -0.15) is 0 Å². The predicted molar refractivity (Wildman–Crippen MR) is 97.4 cm³/mol. The first-order valence-electron chi connectivity index (χ1n) is 8.67. The predicted octanol–water partition coefficient (Wildman–Crippen LogP) is 4.11. The Morgan fingerprint density at radius 2 is 2.17 bits per heavy atom. The van der Waals surface area contributed by atoms with Gasteiger partial charge in [0.25, 0.3) is 0 Å². The standard InChI is InChI=1S/C20H27NO3/c1-3-24-19-15-17(9-11-18(19)23-2)10-12-20(22)21-14-13-16-7-5-4-6-8-16/h7,9-12,15H,3-6,8,13-14H2,1-2H3,(H,21,22)/b12-10+. The highest BCUT2D eigenvalue weighted by molar-refractivity contribution is 5.91. The van der Waals surface area contributed by atoms with Crippen LogP contribution in [0, 0.1) is 0 Å². The van der Waals surface area contributed by atoms with Crippen molar-refractivity contribution in [1.29, 1.82) is 0 Å². The van der Waals surface area contributed by atoms with Crippen LogP contribution in [0.25, 0.3) is 6.08 Å². The van der Waals surface area contributed by atoms with E-state index in [9.17, 15) is 4.79 Å². The number of amides is 1. The summed E-state index contributed by atoms with van der Waals surface area (Å²) in [6.45, 7) is 3.19. The largest absolute Gasteiger partial charge is 0.493 e. The fourth-order valence-corrected chi connectivity index (χ4v) is 2.77. The Bertz CT molecular complexity index is 605. The summed E-state index contributed by atoms with van der Waals surface area (Å²) in [7, 11) is 1.61. The lowest BCUT2D eigenvalue weighted by molar-refractivity contribution is -0.116. The maximum Gasteiger partial charge on any atom is 0.244 e. The van der Waals surface area contributed by atoms with E-state index in [1.165, 1.54) is 31.3 Å². The van der Waals surface area contributed by atoms with Crippen molar-refractivity contribution >= 4 is 12.0 Å². The highest BCUT2D eigenvalue weighted by atomic mass is 16.5. The van der Waals surface area contributed by atoms with Crippen molar-refractivity contribution in [2.75, 3.05) is 20.3 Å². The number of allylic oxidation sites excluding steroid dienone is 1. The summed E-state index contributed by atoms with van der Waals surface area (Å²) in [6.07, 6.45) is 11.6. The monoisotopic (exact) mass is 329 g/mol. The van der Waals surface area contributed by atoms with E-state index in [1.807, 2.05) is 25.1 Å². The van der Waals surface area contributed by atoms with Crippen LogP contribution in [-0.4, -0.2) is 26.2 Å². The van der Waals surface area contributed by atoms with E-state index in [1.54, 1.807) is 19.3 Å². The van der Waals surface area contributed by atoms with Crippen LogP contribution in [0.15, 0.2) is 35.9 Å². The van der Waals surface area contributed by atoms with Crippen molar-refractivity contribution in [1.82, 2.24) is 5.32 Å². The first-order valence-corrected chi connectivity index (χ1v) is 8.67. The second-order valence-electron chi connectivity index (χ2n) is 5.83. The molecular weight excluding hydrogens is 302 g/mol. The SMILES string of the molecule is CCOc1cc(/C=C/C(=O)NCCC2=CCCCC2)ccc1OC. The van der Waals surface area contributed by atoms with Crippen LogP contribution in [0.2, 0.25) is 0 Å². The van der Waals surface area contributed by atoms with E-state index in [0.29, 0.717) is 24.7 Å². The van der Waals surface area contributed by atoms with Crippen LogP contribution in [0.5, 0.6) is 11.5 Å². The zero-order chi connectivity index (χ0) is 17.2. The molecule has 1 amide bonds. The van der Waals surface area contributed by atoms with Gasteiger partial charge in [-0.3, -0.25) is 4.79 Å². The Morgan fingerprint density at radius 3 is 2.88 bits per heavy atom. The third kappa shape index (κ3) is 5.76. The van der Waals surface area contributed by atoms with E-state index in [2.05, 4.69) is 11.4 Å². The molecule has 0 fully saturated rings. The number of ether oxygens (including phenoxy) is 2. The van der Waals surface area contributed by atoms with Gasteiger partial charge < -0.3 is 14.8 Å². The average Bonchev–Trinajstić information content (AvgIpc) is 2.61. The third-order valence-corrected chi connectivity index (χ3v) is 4.05. The summed E-state index contributed by atoms with van der Waals surface area (Å²) < 4.78 is 10.8. The van der Waals surface area contributed by atoms with Crippen molar-refractivity contribution in [3.8, 4) is 11.5 Å². The lowest BCUT2D eigenvalue weighted by Crippen LogP contribution is -2.22. The average molecular weight is 329 g/mol. The van der Waals surface area contributed by atoms with E-state index in [0.717, 1.165) is 12.0 Å². The molecule has 24 heavy (non-hydrogen) atoms. The molecule has 0 unspecified atom stereocenters. The third-order valence-electron chi connectivity index (χ3n) is 4.05. The molecule has 130 valence electrons. The Morgan fingerprint density at radius 1 is 1.29 bits per heavy atom. The highest BCUT2D eigenvalue weighted by Crippen LogP contribution is 2.28. The zero-order valence-corrected chi connectivity index (χ0v) is 14.6. The molecule has 1 aromatic carbocycles. The lowest BCUT2D eigenvalue weighted by atomic mass is 9.97. The Labute approximate surface area is 144 Å². The van der Waals surface area contributed by atoms with Gasteiger partial charge in [-0.15, -0.1) is 0 Å². The second kappa shape index (κ2) is 9.81. The Hall–Kier alpha value is -2.23. The maximum atomic E-state index is 11.9. The molecule has 0 heterocycles. The molecule has 0 aromatic heterocycles. The van der Waals surface area contributed by atoms with E-state index >= 15 is 0 Å². The van der Waals surface area contributed by atoms with Gasteiger partial charge in [-0.25, -0.2) is 0 Å². The van der Waals surface area contributed by atoms with Crippen LogP contribution in [-0.2, 0) is 4.79 Å². The van der Waals surface area contributed by atoms with Gasteiger partial charge in [0.1, 0.15) is 0 Å². The zero-order valence-electron chi connectivity index (χ0n) is 14.6. The van der Waals surface area contributed by atoms with Crippen molar-refractivity contribution in [3.63, 3.8) is 0 Å². The first-order chi connectivity index (χ1) is 11.7. The van der Waals surface area contributed by atoms with Gasteiger partial charge >= 0.3 is 0 Å². The van der Waals surface area contributed by atoms with Gasteiger partial charge in [0.2, 0.25) is 5.91 Å². The minimum atomic E-state index is -0.0693. The smallest absolute Gasteiger partial charge is 0.244 e. The molecular formula is C20H27NO3. The highest BCUT2D eigenvalue weighted by Gasteiger charge is 2.05. The van der Waals surface area contributed by atoms with Crippen LogP contribution < -0.4 is 14.8 Å². The molecule has 1 aliphatic carbocycles. The van der Waals surface area contributed by atoms with E-state index in [-0.39, 0.29) is 5.91 Å². The van der Waals surface area contributed by atoms with E-state index in [4.69, 9.17) is 9.47 Å². The molecule has 4 heteroatoms. The molecule has 0 spiro atoms. The van der Waals surface area contributed by atoms with Crippen LogP contribution in [0.4, 0.5) is 0 Å². The summed E-state index contributed by atoms with van der Waals surface area (Å²) in [4.78, 5) is 11.9. The minimum absolute atomic E-state index is 0.0693. The van der Waals surface area contributed by atoms with Gasteiger partial charge in [-0.1, -0.05) is 17.7 Å².